The first-order valence-corrected chi connectivity index (χ1v) is 6.72. The molecule has 2 heterocycles. The number of nitrogens with zero attached hydrogens (tertiary/aromatic N) is 3. The van der Waals surface area contributed by atoms with Crippen LogP contribution in [0.25, 0.3) is 0 Å². The van der Waals surface area contributed by atoms with Gasteiger partial charge in [0.15, 0.2) is 0 Å². The lowest BCUT2D eigenvalue weighted by atomic mass is 10.0. The van der Waals surface area contributed by atoms with E-state index in [0.29, 0.717) is 6.04 Å². The second-order valence-corrected chi connectivity index (χ2v) is 5.09. The van der Waals surface area contributed by atoms with E-state index in [9.17, 15) is 0 Å². The highest BCUT2D eigenvalue weighted by molar-refractivity contribution is 5.05. The molecule has 1 aromatic rings. The largest absolute Gasteiger partial charge is 0.330 e. The molecule has 0 amide bonds. The third kappa shape index (κ3) is 2.87. The highest BCUT2D eigenvalue weighted by atomic mass is 15.2. The van der Waals surface area contributed by atoms with E-state index in [1.165, 1.54) is 44.6 Å². The highest BCUT2D eigenvalue weighted by Gasteiger charge is 2.22. The quantitative estimate of drug-likeness (QED) is 0.869. The van der Waals surface area contributed by atoms with Gasteiger partial charge in [0.05, 0.1) is 12.0 Å². The van der Waals surface area contributed by atoms with E-state index in [4.69, 9.17) is 5.73 Å². The Morgan fingerprint density at radius 3 is 2.76 bits per heavy atom. The lowest BCUT2D eigenvalue weighted by Crippen LogP contribution is -2.35. The summed E-state index contributed by atoms with van der Waals surface area (Å²) < 4.78 is 2.29. The first-order chi connectivity index (χ1) is 8.22. The zero-order chi connectivity index (χ0) is 12.3. The summed E-state index contributed by atoms with van der Waals surface area (Å²) in [6, 6.07) is 0.665. The molecule has 0 saturated carbocycles. The summed E-state index contributed by atoms with van der Waals surface area (Å²) in [5, 5.41) is 0. The molecule has 1 aromatic heterocycles. The SMILES string of the molecule is CCCN1CCC(n2cncc2C(C)N)CC1. The lowest BCUT2D eigenvalue weighted by molar-refractivity contribution is 0.185. The van der Waals surface area contributed by atoms with E-state index in [1.54, 1.807) is 0 Å². The van der Waals surface area contributed by atoms with Gasteiger partial charge in [-0.25, -0.2) is 4.98 Å². The van der Waals surface area contributed by atoms with Crippen LogP contribution in [0.1, 0.15) is 50.9 Å². The van der Waals surface area contributed by atoms with Gasteiger partial charge < -0.3 is 15.2 Å². The van der Waals surface area contributed by atoms with Gasteiger partial charge in [0.2, 0.25) is 0 Å². The van der Waals surface area contributed by atoms with Crippen molar-refractivity contribution in [3.8, 4) is 0 Å². The maximum atomic E-state index is 5.97. The minimum absolute atomic E-state index is 0.0752. The fourth-order valence-electron chi connectivity index (χ4n) is 2.71. The molecule has 4 nitrogen and oxygen atoms in total. The standard InChI is InChI=1S/C13H24N4/c1-3-6-16-7-4-12(5-8-16)17-10-15-9-13(17)11(2)14/h9-12H,3-8,14H2,1-2H3. The van der Waals surface area contributed by atoms with E-state index >= 15 is 0 Å². The summed E-state index contributed by atoms with van der Waals surface area (Å²) in [5.41, 5.74) is 7.14. The fourth-order valence-corrected chi connectivity index (χ4v) is 2.71. The molecule has 0 aliphatic carbocycles. The van der Waals surface area contributed by atoms with E-state index in [2.05, 4.69) is 21.4 Å². The fraction of sp³-hybridized carbons (Fsp3) is 0.769. The van der Waals surface area contributed by atoms with Crippen LogP contribution in [0.5, 0.6) is 0 Å². The number of piperidine rings is 1. The Hall–Kier alpha value is -0.870. The van der Waals surface area contributed by atoms with Gasteiger partial charge >= 0.3 is 0 Å². The number of nitrogens with two attached hydrogens (primary N) is 1. The van der Waals surface area contributed by atoms with Gasteiger partial charge in [-0.15, -0.1) is 0 Å². The first kappa shape index (κ1) is 12.6. The van der Waals surface area contributed by atoms with Crippen molar-refractivity contribution in [2.75, 3.05) is 19.6 Å². The summed E-state index contributed by atoms with van der Waals surface area (Å²) in [5.74, 6) is 0. The average Bonchev–Trinajstić information content (AvgIpc) is 2.79. The van der Waals surface area contributed by atoms with Crippen LogP contribution in [0.4, 0.5) is 0 Å². The van der Waals surface area contributed by atoms with Gasteiger partial charge in [-0.2, -0.15) is 0 Å². The molecule has 1 atom stereocenters. The van der Waals surface area contributed by atoms with Crippen LogP contribution >= 0.6 is 0 Å². The molecule has 1 aliphatic rings. The van der Waals surface area contributed by atoms with Crippen molar-refractivity contribution < 1.29 is 0 Å². The minimum atomic E-state index is 0.0752. The van der Waals surface area contributed by atoms with Crippen molar-refractivity contribution in [3.05, 3.63) is 18.2 Å². The Morgan fingerprint density at radius 2 is 2.18 bits per heavy atom. The van der Waals surface area contributed by atoms with Crippen LogP contribution in [0, 0.1) is 0 Å². The van der Waals surface area contributed by atoms with Gasteiger partial charge in [0.1, 0.15) is 0 Å². The zero-order valence-electron chi connectivity index (χ0n) is 11.0. The van der Waals surface area contributed by atoms with Crippen molar-refractivity contribution >= 4 is 0 Å². The molecule has 17 heavy (non-hydrogen) atoms. The molecule has 0 bridgehead atoms. The third-order valence-corrected chi connectivity index (χ3v) is 3.65. The van der Waals surface area contributed by atoms with Crippen LogP contribution in [-0.4, -0.2) is 34.1 Å². The number of rotatable bonds is 4. The van der Waals surface area contributed by atoms with Gasteiger partial charge in [0.25, 0.3) is 0 Å². The van der Waals surface area contributed by atoms with Crippen LogP contribution in [0.2, 0.25) is 0 Å². The molecule has 1 aliphatic heterocycles. The summed E-state index contributed by atoms with van der Waals surface area (Å²) in [4.78, 5) is 6.80. The first-order valence-electron chi connectivity index (χ1n) is 6.72. The molecule has 0 spiro atoms. The number of likely N-dealkylation sites (tertiary alicyclic amines) is 1. The molecule has 2 rings (SSSR count). The van der Waals surface area contributed by atoms with Crippen molar-refractivity contribution in [2.24, 2.45) is 5.73 Å². The highest BCUT2D eigenvalue weighted by Crippen LogP contribution is 2.25. The minimum Gasteiger partial charge on any atom is -0.330 e. The Kier molecular flexibility index (Phi) is 4.18. The van der Waals surface area contributed by atoms with Gasteiger partial charge in [0, 0.05) is 31.4 Å². The summed E-state index contributed by atoms with van der Waals surface area (Å²) >= 11 is 0. The van der Waals surface area contributed by atoms with Crippen LogP contribution in [0.15, 0.2) is 12.5 Å². The summed E-state index contributed by atoms with van der Waals surface area (Å²) in [7, 11) is 0. The maximum absolute atomic E-state index is 5.97. The van der Waals surface area contributed by atoms with Gasteiger partial charge in [-0.05, 0) is 32.7 Å². The zero-order valence-corrected chi connectivity index (χ0v) is 11.0. The molecular weight excluding hydrogens is 212 g/mol. The van der Waals surface area contributed by atoms with Crippen molar-refractivity contribution in [3.63, 3.8) is 0 Å². The van der Waals surface area contributed by atoms with Gasteiger partial charge in [-0.3, -0.25) is 0 Å². The summed E-state index contributed by atoms with van der Waals surface area (Å²) in [6.07, 6.45) is 7.54. The maximum Gasteiger partial charge on any atom is 0.0951 e. The van der Waals surface area contributed by atoms with Crippen LogP contribution in [0.3, 0.4) is 0 Å². The normalized spacial score (nSPS) is 20.6. The lowest BCUT2D eigenvalue weighted by Gasteiger charge is -2.33. The molecule has 0 radical (unpaired) electrons. The van der Waals surface area contributed by atoms with E-state index in [1.807, 2.05) is 19.4 Å². The Morgan fingerprint density at radius 1 is 1.47 bits per heavy atom. The molecule has 2 N–H and O–H groups in total. The van der Waals surface area contributed by atoms with Crippen molar-refractivity contribution in [1.29, 1.82) is 0 Å². The van der Waals surface area contributed by atoms with E-state index in [0.717, 1.165) is 0 Å². The Bertz CT molecular complexity index is 337. The van der Waals surface area contributed by atoms with Crippen LogP contribution < -0.4 is 5.73 Å². The molecular formula is C13H24N4. The third-order valence-electron chi connectivity index (χ3n) is 3.65. The van der Waals surface area contributed by atoms with E-state index < -0.39 is 0 Å². The summed E-state index contributed by atoms with van der Waals surface area (Å²) in [6.45, 7) is 7.91. The monoisotopic (exact) mass is 236 g/mol. The predicted molar refractivity (Wildman–Crippen MR) is 69.8 cm³/mol. The smallest absolute Gasteiger partial charge is 0.0951 e. The Balaban J connectivity index is 1.98. The van der Waals surface area contributed by atoms with Gasteiger partial charge in [-0.1, -0.05) is 6.92 Å². The second-order valence-electron chi connectivity index (χ2n) is 5.09. The molecule has 1 fully saturated rings. The predicted octanol–water partition coefficient (Wildman–Crippen LogP) is 1.95. The average molecular weight is 236 g/mol. The molecule has 1 saturated heterocycles. The van der Waals surface area contributed by atoms with Crippen molar-refractivity contribution in [1.82, 2.24) is 14.5 Å². The number of hydrogen-bond donors (Lipinski definition) is 1. The number of aromatic nitrogens is 2. The topological polar surface area (TPSA) is 47.1 Å². The van der Waals surface area contributed by atoms with E-state index in [-0.39, 0.29) is 6.04 Å². The molecule has 4 heteroatoms. The molecule has 1 unspecified atom stereocenters. The molecule has 96 valence electrons. The number of imidazole rings is 1. The van der Waals surface area contributed by atoms with Crippen LogP contribution in [-0.2, 0) is 0 Å². The van der Waals surface area contributed by atoms with Crippen molar-refractivity contribution in [2.45, 2.75) is 45.2 Å². The number of hydrogen-bond acceptors (Lipinski definition) is 3. The second kappa shape index (κ2) is 5.65. The molecule has 0 aromatic carbocycles. The Labute approximate surface area is 104 Å².